The van der Waals surface area contributed by atoms with Crippen LogP contribution in [0.2, 0.25) is 0 Å². The number of nitrogens with one attached hydrogen (secondary N) is 1. The van der Waals surface area contributed by atoms with Gasteiger partial charge in [-0.2, -0.15) is 0 Å². The average Bonchev–Trinajstić information content (AvgIpc) is 2.65. The lowest BCUT2D eigenvalue weighted by Gasteiger charge is -2.10. The van der Waals surface area contributed by atoms with Gasteiger partial charge in [0.1, 0.15) is 12.4 Å². The first-order valence-electron chi connectivity index (χ1n) is 9.18. The second kappa shape index (κ2) is 10.5. The van der Waals surface area contributed by atoms with Crippen LogP contribution in [0.3, 0.4) is 0 Å². The van der Waals surface area contributed by atoms with E-state index >= 15 is 0 Å². The molecule has 2 aromatic carbocycles. The van der Waals surface area contributed by atoms with Gasteiger partial charge in [-0.15, -0.1) is 0 Å². The number of rotatable bonds is 10. The Morgan fingerprint density at radius 2 is 1.92 bits per heavy atom. The maximum absolute atomic E-state index is 12.1. The number of carbonyl (C=O) groups excluding carboxylic acids is 1. The number of ether oxygens (including phenoxy) is 1. The molecule has 0 aromatic heterocycles. The van der Waals surface area contributed by atoms with Gasteiger partial charge >= 0.3 is 0 Å². The molecule has 0 radical (unpaired) electrons. The first kappa shape index (κ1) is 19.8. The summed E-state index contributed by atoms with van der Waals surface area (Å²) in [5.74, 6) is 0.608. The Labute approximate surface area is 155 Å². The predicted molar refractivity (Wildman–Crippen MR) is 106 cm³/mol. The summed E-state index contributed by atoms with van der Waals surface area (Å²) >= 11 is 0. The van der Waals surface area contributed by atoms with Crippen LogP contribution < -0.4 is 21.5 Å². The third-order valence-electron chi connectivity index (χ3n) is 4.18. The molecule has 0 aliphatic heterocycles. The van der Waals surface area contributed by atoms with E-state index in [4.69, 9.17) is 16.2 Å². The van der Waals surface area contributed by atoms with Crippen LogP contribution in [0.4, 0.5) is 5.69 Å². The lowest BCUT2D eigenvalue weighted by molar-refractivity contribution is -0.120. The molecule has 2 rings (SSSR count). The third kappa shape index (κ3) is 6.41. The highest BCUT2D eigenvalue weighted by atomic mass is 16.5. The molecule has 26 heavy (non-hydrogen) atoms. The molecule has 1 amide bonds. The van der Waals surface area contributed by atoms with E-state index in [-0.39, 0.29) is 5.91 Å². The van der Waals surface area contributed by atoms with Crippen molar-refractivity contribution in [2.45, 2.75) is 32.6 Å². The summed E-state index contributed by atoms with van der Waals surface area (Å²) in [6, 6.07) is 14.0. The van der Waals surface area contributed by atoms with Crippen molar-refractivity contribution in [1.29, 1.82) is 0 Å². The van der Waals surface area contributed by atoms with Gasteiger partial charge in [0, 0.05) is 13.1 Å². The topological polar surface area (TPSA) is 90.4 Å². The molecule has 5 N–H and O–H groups in total. The van der Waals surface area contributed by atoms with Crippen LogP contribution >= 0.6 is 0 Å². The van der Waals surface area contributed by atoms with Crippen LogP contribution in [-0.2, 0) is 24.1 Å². The second-order valence-electron chi connectivity index (χ2n) is 6.31. The summed E-state index contributed by atoms with van der Waals surface area (Å²) in [6.45, 7) is 3.68. The van der Waals surface area contributed by atoms with Crippen LogP contribution in [0.15, 0.2) is 42.5 Å². The fourth-order valence-corrected chi connectivity index (χ4v) is 2.78. The molecule has 0 bridgehead atoms. The number of nitrogens with two attached hydrogens (primary N) is 2. The predicted octanol–water partition coefficient (Wildman–Crippen LogP) is 2.46. The van der Waals surface area contributed by atoms with Gasteiger partial charge in [-0.25, -0.2) is 0 Å². The van der Waals surface area contributed by atoms with Crippen LogP contribution in [0.25, 0.3) is 0 Å². The van der Waals surface area contributed by atoms with Crippen molar-refractivity contribution in [2.75, 3.05) is 25.4 Å². The molecule has 0 aliphatic carbocycles. The van der Waals surface area contributed by atoms with E-state index in [0.717, 1.165) is 24.8 Å². The van der Waals surface area contributed by atoms with Crippen molar-refractivity contribution in [1.82, 2.24) is 5.32 Å². The van der Waals surface area contributed by atoms with Crippen molar-refractivity contribution in [2.24, 2.45) is 5.73 Å². The normalized spacial score (nSPS) is 10.5. The molecule has 0 saturated carbocycles. The first-order chi connectivity index (χ1) is 12.6. The standard InChI is InChI=1S/C21H29N3O2/c1-2-16-5-3-6-17(13-16)7-4-11-24-21(25)15-18-8-9-20(19(23)14-18)26-12-10-22/h3,5-6,8-9,13-14H,2,4,7,10-12,15,22-23H2,1H3,(H,24,25). The van der Waals surface area contributed by atoms with Gasteiger partial charge < -0.3 is 21.5 Å². The summed E-state index contributed by atoms with van der Waals surface area (Å²) in [6.07, 6.45) is 3.25. The van der Waals surface area contributed by atoms with Gasteiger partial charge in [-0.05, 0) is 48.1 Å². The molecule has 5 heteroatoms. The maximum Gasteiger partial charge on any atom is 0.224 e. The molecule has 2 aromatic rings. The summed E-state index contributed by atoms with van der Waals surface area (Å²) in [7, 11) is 0. The van der Waals surface area contributed by atoms with Crippen molar-refractivity contribution >= 4 is 11.6 Å². The van der Waals surface area contributed by atoms with Gasteiger partial charge in [-0.3, -0.25) is 4.79 Å². The molecular weight excluding hydrogens is 326 g/mol. The number of anilines is 1. The van der Waals surface area contributed by atoms with Crippen molar-refractivity contribution in [3.8, 4) is 5.75 Å². The lowest BCUT2D eigenvalue weighted by atomic mass is 10.1. The van der Waals surface area contributed by atoms with Gasteiger partial charge in [0.2, 0.25) is 5.91 Å². The lowest BCUT2D eigenvalue weighted by Crippen LogP contribution is -2.26. The van der Waals surface area contributed by atoms with Crippen LogP contribution in [0, 0.1) is 0 Å². The minimum Gasteiger partial charge on any atom is -0.490 e. The molecule has 140 valence electrons. The SMILES string of the molecule is CCc1cccc(CCCNC(=O)Cc2ccc(OCCN)c(N)c2)c1. The largest absolute Gasteiger partial charge is 0.490 e. The van der Waals surface area contributed by atoms with E-state index in [2.05, 4.69) is 36.5 Å². The maximum atomic E-state index is 12.1. The molecule has 0 saturated heterocycles. The van der Waals surface area contributed by atoms with E-state index in [0.29, 0.717) is 37.6 Å². The average molecular weight is 355 g/mol. The quantitative estimate of drug-likeness (QED) is 0.451. The number of aryl methyl sites for hydroxylation is 2. The molecule has 0 fully saturated rings. The molecule has 0 aliphatic rings. The molecule has 0 spiro atoms. The van der Waals surface area contributed by atoms with Gasteiger partial charge in [0.15, 0.2) is 0 Å². The Balaban J connectivity index is 1.73. The summed E-state index contributed by atoms with van der Waals surface area (Å²) < 4.78 is 5.43. The zero-order valence-corrected chi connectivity index (χ0v) is 15.5. The van der Waals surface area contributed by atoms with E-state index in [1.54, 1.807) is 12.1 Å². The monoisotopic (exact) mass is 355 g/mol. The van der Waals surface area contributed by atoms with Crippen molar-refractivity contribution in [3.05, 3.63) is 59.2 Å². The zero-order chi connectivity index (χ0) is 18.8. The van der Waals surface area contributed by atoms with Crippen LogP contribution in [0.5, 0.6) is 5.75 Å². The Hall–Kier alpha value is -2.53. The fourth-order valence-electron chi connectivity index (χ4n) is 2.78. The Bertz CT molecular complexity index is 716. The highest BCUT2D eigenvalue weighted by molar-refractivity contribution is 5.79. The fraction of sp³-hybridized carbons (Fsp3) is 0.381. The first-order valence-corrected chi connectivity index (χ1v) is 9.18. The number of amides is 1. The molecule has 0 heterocycles. The number of nitrogen functional groups attached to an aromatic ring is 1. The van der Waals surface area contributed by atoms with Crippen molar-refractivity contribution in [3.63, 3.8) is 0 Å². The van der Waals surface area contributed by atoms with Gasteiger partial charge in [0.25, 0.3) is 0 Å². The Kier molecular flexibility index (Phi) is 7.96. The zero-order valence-electron chi connectivity index (χ0n) is 15.5. The number of hydrogen-bond donors (Lipinski definition) is 3. The molecule has 5 nitrogen and oxygen atoms in total. The summed E-state index contributed by atoms with van der Waals surface area (Å²) in [5, 5.41) is 2.97. The van der Waals surface area contributed by atoms with Gasteiger partial charge in [0.05, 0.1) is 12.1 Å². The summed E-state index contributed by atoms with van der Waals surface area (Å²) in [5.41, 5.74) is 15.4. The molecule has 0 unspecified atom stereocenters. The minimum absolute atomic E-state index is 0.00216. The number of hydrogen-bond acceptors (Lipinski definition) is 4. The highest BCUT2D eigenvalue weighted by Crippen LogP contribution is 2.22. The number of carbonyl (C=O) groups is 1. The van der Waals surface area contributed by atoms with Gasteiger partial charge in [-0.1, -0.05) is 37.3 Å². The molecule has 0 atom stereocenters. The van der Waals surface area contributed by atoms with E-state index in [1.165, 1.54) is 11.1 Å². The minimum atomic E-state index is 0.00216. The second-order valence-corrected chi connectivity index (χ2v) is 6.31. The highest BCUT2D eigenvalue weighted by Gasteiger charge is 2.06. The summed E-state index contributed by atoms with van der Waals surface area (Å²) in [4.78, 5) is 12.1. The van der Waals surface area contributed by atoms with Crippen LogP contribution in [0.1, 0.15) is 30.0 Å². The van der Waals surface area contributed by atoms with E-state index in [9.17, 15) is 4.79 Å². The van der Waals surface area contributed by atoms with Crippen molar-refractivity contribution < 1.29 is 9.53 Å². The van der Waals surface area contributed by atoms with Crippen LogP contribution in [-0.4, -0.2) is 25.6 Å². The third-order valence-corrected chi connectivity index (χ3v) is 4.18. The molecular formula is C21H29N3O2. The van der Waals surface area contributed by atoms with E-state index < -0.39 is 0 Å². The van der Waals surface area contributed by atoms with E-state index in [1.807, 2.05) is 6.07 Å². The Morgan fingerprint density at radius 1 is 1.12 bits per heavy atom. The smallest absolute Gasteiger partial charge is 0.224 e. The number of benzene rings is 2. The Morgan fingerprint density at radius 3 is 2.65 bits per heavy atom.